The third-order valence-electron chi connectivity index (χ3n) is 4.11. The van der Waals surface area contributed by atoms with Crippen molar-refractivity contribution in [2.24, 2.45) is 0 Å². The molecule has 1 atom stereocenters. The number of β-amino-alcohol motifs (C(OH)–C–C–N with tert-alkyl or cyclic N) is 1. The number of aromatic nitrogens is 4. The summed E-state index contributed by atoms with van der Waals surface area (Å²) in [5.74, 6) is 1.30. The lowest BCUT2D eigenvalue weighted by Crippen LogP contribution is -2.49. The molecule has 1 N–H and O–H groups in total. The highest BCUT2D eigenvalue weighted by molar-refractivity contribution is 5.35. The highest BCUT2D eigenvalue weighted by atomic mass is 16.5. The van der Waals surface area contributed by atoms with Crippen molar-refractivity contribution in [2.45, 2.75) is 19.6 Å². The van der Waals surface area contributed by atoms with E-state index in [1.807, 2.05) is 25.3 Å². The molecule has 0 saturated carbocycles. The molecular weight excluding hydrogens is 308 g/mol. The fourth-order valence-electron chi connectivity index (χ4n) is 2.88. The topological polar surface area (TPSA) is 79.5 Å². The zero-order valence-electron chi connectivity index (χ0n) is 14.2. The van der Waals surface area contributed by atoms with Crippen LogP contribution in [0.3, 0.4) is 0 Å². The van der Waals surface area contributed by atoms with Gasteiger partial charge in [-0.2, -0.15) is 10.1 Å². The zero-order valence-corrected chi connectivity index (χ0v) is 14.2. The van der Waals surface area contributed by atoms with Crippen LogP contribution in [-0.2, 0) is 6.54 Å². The van der Waals surface area contributed by atoms with Gasteiger partial charge in [0.25, 0.3) is 0 Å². The Morgan fingerprint density at radius 3 is 2.67 bits per heavy atom. The molecule has 0 amide bonds. The molecule has 3 rings (SSSR count). The number of aryl methyl sites for hydroxylation is 1. The number of methoxy groups -OCH3 is 1. The van der Waals surface area contributed by atoms with Crippen molar-refractivity contribution in [3.8, 4) is 5.88 Å². The van der Waals surface area contributed by atoms with Crippen LogP contribution in [0.2, 0.25) is 0 Å². The number of rotatable bonds is 6. The van der Waals surface area contributed by atoms with Gasteiger partial charge >= 0.3 is 0 Å². The molecule has 1 saturated heterocycles. The highest BCUT2D eigenvalue weighted by Crippen LogP contribution is 2.17. The van der Waals surface area contributed by atoms with Crippen molar-refractivity contribution in [3.63, 3.8) is 0 Å². The maximum absolute atomic E-state index is 10.2. The fourth-order valence-corrected chi connectivity index (χ4v) is 2.88. The molecule has 2 aromatic rings. The molecule has 1 aliphatic heterocycles. The van der Waals surface area contributed by atoms with Gasteiger partial charge in [-0.25, -0.2) is 4.98 Å². The first-order chi connectivity index (χ1) is 11.6. The number of aliphatic hydroxyl groups is 1. The minimum Gasteiger partial charge on any atom is -0.481 e. The smallest absolute Gasteiger partial charge is 0.228 e. The molecule has 1 unspecified atom stereocenters. The third kappa shape index (κ3) is 4.21. The summed E-state index contributed by atoms with van der Waals surface area (Å²) in [5, 5.41) is 14.3. The Labute approximate surface area is 141 Å². The van der Waals surface area contributed by atoms with E-state index in [-0.39, 0.29) is 0 Å². The Hall–Kier alpha value is -2.19. The Balaban J connectivity index is 1.51. The highest BCUT2D eigenvalue weighted by Gasteiger charge is 2.21. The van der Waals surface area contributed by atoms with Crippen molar-refractivity contribution in [2.75, 3.05) is 44.7 Å². The van der Waals surface area contributed by atoms with Crippen molar-refractivity contribution in [1.82, 2.24) is 24.6 Å². The SMILES string of the molecule is COc1cc(C)nc(N2CCN(CC(O)Cn3cccn3)CC2)n1. The molecule has 1 aliphatic rings. The van der Waals surface area contributed by atoms with E-state index in [0.29, 0.717) is 24.9 Å². The second kappa shape index (κ2) is 7.59. The summed E-state index contributed by atoms with van der Waals surface area (Å²) in [6, 6.07) is 3.69. The number of aliphatic hydroxyl groups excluding tert-OH is 1. The van der Waals surface area contributed by atoms with E-state index in [2.05, 4.69) is 24.9 Å². The summed E-state index contributed by atoms with van der Waals surface area (Å²) in [6.45, 7) is 6.51. The first-order valence-corrected chi connectivity index (χ1v) is 8.16. The molecule has 0 radical (unpaired) electrons. The van der Waals surface area contributed by atoms with Gasteiger partial charge in [-0.05, 0) is 13.0 Å². The van der Waals surface area contributed by atoms with Gasteiger partial charge in [-0.3, -0.25) is 9.58 Å². The van der Waals surface area contributed by atoms with Crippen LogP contribution in [0.15, 0.2) is 24.5 Å². The van der Waals surface area contributed by atoms with E-state index < -0.39 is 6.10 Å². The first kappa shape index (κ1) is 16.7. The first-order valence-electron chi connectivity index (χ1n) is 8.16. The lowest BCUT2D eigenvalue weighted by atomic mass is 10.2. The van der Waals surface area contributed by atoms with Crippen LogP contribution in [0.25, 0.3) is 0 Å². The summed E-state index contributed by atoms with van der Waals surface area (Å²) in [6.07, 6.45) is 3.16. The maximum Gasteiger partial charge on any atom is 0.228 e. The second-order valence-corrected chi connectivity index (χ2v) is 6.02. The Morgan fingerprint density at radius 1 is 1.21 bits per heavy atom. The quantitative estimate of drug-likeness (QED) is 0.808. The van der Waals surface area contributed by atoms with Gasteiger partial charge in [-0.1, -0.05) is 0 Å². The van der Waals surface area contributed by atoms with Crippen LogP contribution in [0.5, 0.6) is 5.88 Å². The summed E-state index contributed by atoms with van der Waals surface area (Å²) in [4.78, 5) is 13.3. The molecule has 0 aliphatic carbocycles. The lowest BCUT2D eigenvalue weighted by Gasteiger charge is -2.35. The third-order valence-corrected chi connectivity index (χ3v) is 4.11. The van der Waals surface area contributed by atoms with Crippen LogP contribution >= 0.6 is 0 Å². The van der Waals surface area contributed by atoms with E-state index in [1.165, 1.54) is 0 Å². The fraction of sp³-hybridized carbons (Fsp3) is 0.562. The molecule has 24 heavy (non-hydrogen) atoms. The van der Waals surface area contributed by atoms with Gasteiger partial charge in [0.1, 0.15) is 0 Å². The lowest BCUT2D eigenvalue weighted by molar-refractivity contribution is 0.0919. The van der Waals surface area contributed by atoms with Crippen LogP contribution < -0.4 is 9.64 Å². The molecule has 8 nitrogen and oxygen atoms in total. The molecule has 130 valence electrons. The maximum atomic E-state index is 10.2. The van der Waals surface area contributed by atoms with Gasteiger partial charge in [-0.15, -0.1) is 0 Å². The molecular formula is C16H24N6O2. The van der Waals surface area contributed by atoms with E-state index in [0.717, 1.165) is 31.9 Å². The molecule has 0 bridgehead atoms. The molecule has 0 aromatic carbocycles. The minimum absolute atomic E-state index is 0.424. The Kier molecular flexibility index (Phi) is 5.27. The van der Waals surface area contributed by atoms with Crippen molar-refractivity contribution >= 4 is 5.95 Å². The van der Waals surface area contributed by atoms with Crippen LogP contribution in [0.1, 0.15) is 5.69 Å². The summed E-state index contributed by atoms with van der Waals surface area (Å²) >= 11 is 0. The molecule has 8 heteroatoms. The van der Waals surface area contributed by atoms with Gasteiger partial charge in [0, 0.05) is 56.9 Å². The number of ether oxygens (including phenoxy) is 1. The average molecular weight is 332 g/mol. The predicted octanol–water partition coefficient (Wildman–Crippen LogP) is 0.173. The van der Waals surface area contributed by atoms with E-state index in [9.17, 15) is 5.11 Å². The van der Waals surface area contributed by atoms with Gasteiger partial charge in [0.15, 0.2) is 0 Å². The summed E-state index contributed by atoms with van der Waals surface area (Å²) < 4.78 is 6.98. The minimum atomic E-state index is -0.424. The Morgan fingerprint density at radius 2 is 2.00 bits per heavy atom. The zero-order chi connectivity index (χ0) is 16.9. The van der Waals surface area contributed by atoms with E-state index >= 15 is 0 Å². The standard InChI is InChI=1S/C16H24N6O2/c1-13-10-15(24-2)19-16(18-13)21-8-6-20(7-9-21)11-14(23)12-22-5-3-4-17-22/h3-5,10,14,23H,6-9,11-12H2,1-2H3. The van der Waals surface area contributed by atoms with Crippen molar-refractivity contribution < 1.29 is 9.84 Å². The van der Waals surface area contributed by atoms with Gasteiger partial charge in [0.2, 0.25) is 11.8 Å². The number of piperazine rings is 1. The second-order valence-electron chi connectivity index (χ2n) is 6.02. The summed E-state index contributed by atoms with van der Waals surface area (Å²) in [7, 11) is 1.62. The van der Waals surface area contributed by atoms with Crippen LogP contribution in [0.4, 0.5) is 5.95 Å². The largest absolute Gasteiger partial charge is 0.481 e. The predicted molar refractivity (Wildman–Crippen MR) is 90.2 cm³/mol. The molecule has 2 aromatic heterocycles. The summed E-state index contributed by atoms with van der Waals surface area (Å²) in [5.41, 5.74) is 0.897. The normalized spacial score (nSPS) is 17.0. The number of nitrogens with zero attached hydrogens (tertiary/aromatic N) is 6. The van der Waals surface area contributed by atoms with Crippen molar-refractivity contribution in [3.05, 3.63) is 30.2 Å². The van der Waals surface area contributed by atoms with E-state index in [1.54, 1.807) is 18.0 Å². The molecule has 1 fully saturated rings. The van der Waals surface area contributed by atoms with Crippen LogP contribution in [-0.4, -0.2) is 75.7 Å². The Bertz CT molecular complexity index is 640. The van der Waals surface area contributed by atoms with Crippen LogP contribution in [0, 0.1) is 6.92 Å². The number of anilines is 1. The molecule has 3 heterocycles. The van der Waals surface area contributed by atoms with Gasteiger partial charge in [0.05, 0.1) is 19.8 Å². The van der Waals surface area contributed by atoms with Crippen molar-refractivity contribution in [1.29, 1.82) is 0 Å². The molecule has 0 spiro atoms. The monoisotopic (exact) mass is 332 g/mol. The van der Waals surface area contributed by atoms with E-state index in [4.69, 9.17) is 4.74 Å². The number of hydrogen-bond acceptors (Lipinski definition) is 7. The number of hydrogen-bond donors (Lipinski definition) is 1. The van der Waals surface area contributed by atoms with Gasteiger partial charge < -0.3 is 14.7 Å². The average Bonchev–Trinajstić information content (AvgIpc) is 3.07.